The van der Waals surface area contributed by atoms with E-state index in [-0.39, 0.29) is 11.5 Å². The Labute approximate surface area is 216 Å². The average Bonchev–Trinajstić information content (AvgIpc) is 2.89. The van der Waals surface area contributed by atoms with Gasteiger partial charge in [-0.2, -0.15) is 13.2 Å². The predicted octanol–water partition coefficient (Wildman–Crippen LogP) is 5.87. The average molecular weight is 527 g/mol. The lowest BCUT2D eigenvalue weighted by atomic mass is 9.98. The lowest BCUT2D eigenvalue weighted by molar-refractivity contribution is -0.192. The Balaban J connectivity index is 0.000000505. The fraction of sp³-hybridized carbons (Fsp3) is 0.179. The molecule has 3 N–H and O–H groups in total. The molecule has 0 fully saturated rings. The van der Waals surface area contributed by atoms with E-state index in [2.05, 4.69) is 28.4 Å². The van der Waals surface area contributed by atoms with Crippen LogP contribution >= 0.6 is 0 Å². The summed E-state index contributed by atoms with van der Waals surface area (Å²) in [7, 11) is 0. The molecule has 10 heteroatoms. The number of amides is 1. The maximum atomic E-state index is 12.5. The summed E-state index contributed by atoms with van der Waals surface area (Å²) in [4.78, 5) is 35.4. The first kappa shape index (κ1) is 28.0. The zero-order valence-electron chi connectivity index (χ0n) is 20.3. The molecule has 3 aromatic carbocycles. The molecule has 1 aliphatic rings. The number of aryl methyl sites for hydroxylation is 1. The van der Waals surface area contributed by atoms with Crippen LogP contribution in [0.2, 0.25) is 0 Å². The van der Waals surface area contributed by atoms with Gasteiger partial charge in [0, 0.05) is 24.3 Å². The Morgan fingerprint density at radius 2 is 1.61 bits per heavy atom. The largest absolute Gasteiger partial charge is 0.490 e. The Bertz CT molecular complexity index is 1350. The molecule has 1 amide bonds. The minimum atomic E-state index is -5.08. The molecule has 0 atom stereocenters. The standard InChI is InChI=1S/C26H24N2O3.C2HF3O2/c1-18-6-5-9-21(16-18)25(29)27-22-10-11-24(23(17-22)26(30)31)28-14-12-20(13-15-28)19-7-3-2-4-8-19;3-2(4,5)1(6)7/h2-12,16-17H,13-15H2,1H3,(H,27,29)(H,30,31);(H,6,7). The molecule has 198 valence electrons. The number of hydrogen-bond donors (Lipinski definition) is 3. The van der Waals surface area contributed by atoms with Crippen molar-refractivity contribution in [1.29, 1.82) is 0 Å². The van der Waals surface area contributed by atoms with Gasteiger partial charge < -0.3 is 20.4 Å². The van der Waals surface area contributed by atoms with Crippen LogP contribution in [0.15, 0.2) is 78.9 Å². The number of aromatic carboxylic acids is 1. The van der Waals surface area contributed by atoms with Crippen LogP contribution in [0.25, 0.3) is 5.57 Å². The van der Waals surface area contributed by atoms with Crippen LogP contribution in [0.1, 0.15) is 38.3 Å². The summed E-state index contributed by atoms with van der Waals surface area (Å²) in [6.45, 7) is 3.29. The Kier molecular flexibility index (Phi) is 8.90. The number of nitrogens with one attached hydrogen (secondary N) is 1. The number of halogens is 3. The number of alkyl halides is 3. The van der Waals surface area contributed by atoms with Crippen LogP contribution in [0.3, 0.4) is 0 Å². The van der Waals surface area contributed by atoms with Gasteiger partial charge >= 0.3 is 18.1 Å². The summed E-state index contributed by atoms with van der Waals surface area (Å²) in [5, 5.41) is 19.7. The van der Waals surface area contributed by atoms with Crippen molar-refractivity contribution in [1.82, 2.24) is 0 Å². The molecule has 0 saturated carbocycles. The van der Waals surface area contributed by atoms with Crippen LogP contribution in [0, 0.1) is 6.92 Å². The van der Waals surface area contributed by atoms with Gasteiger partial charge in [-0.25, -0.2) is 9.59 Å². The van der Waals surface area contributed by atoms with Crippen LogP contribution in [0.4, 0.5) is 24.5 Å². The zero-order valence-corrected chi connectivity index (χ0v) is 20.3. The van der Waals surface area contributed by atoms with Crippen LogP contribution in [0.5, 0.6) is 0 Å². The minimum Gasteiger partial charge on any atom is -0.478 e. The van der Waals surface area contributed by atoms with E-state index in [1.54, 1.807) is 24.3 Å². The van der Waals surface area contributed by atoms with Crippen molar-refractivity contribution >= 4 is 34.8 Å². The van der Waals surface area contributed by atoms with Gasteiger partial charge in [0.1, 0.15) is 0 Å². The van der Waals surface area contributed by atoms with E-state index in [0.29, 0.717) is 23.5 Å². The van der Waals surface area contributed by atoms with Gasteiger partial charge in [-0.15, -0.1) is 0 Å². The molecule has 3 aromatic rings. The summed E-state index contributed by atoms with van der Waals surface area (Å²) in [5.41, 5.74) is 5.30. The minimum absolute atomic E-state index is 0.179. The molecule has 0 aromatic heterocycles. The van der Waals surface area contributed by atoms with Crippen LogP contribution in [-0.2, 0) is 4.79 Å². The Morgan fingerprint density at radius 1 is 0.921 bits per heavy atom. The molecule has 38 heavy (non-hydrogen) atoms. The Morgan fingerprint density at radius 3 is 2.16 bits per heavy atom. The maximum absolute atomic E-state index is 12.5. The fourth-order valence-corrected chi connectivity index (χ4v) is 3.85. The van der Waals surface area contributed by atoms with Crippen molar-refractivity contribution < 1.29 is 37.8 Å². The second-order valence-corrected chi connectivity index (χ2v) is 8.45. The third-order valence-corrected chi connectivity index (χ3v) is 5.70. The molecular formula is C28H25F3N2O5. The topological polar surface area (TPSA) is 107 Å². The van der Waals surface area contributed by atoms with Crippen LogP contribution in [-0.4, -0.2) is 47.3 Å². The highest BCUT2D eigenvalue weighted by Gasteiger charge is 2.38. The van der Waals surface area contributed by atoms with Crippen molar-refractivity contribution in [2.45, 2.75) is 19.5 Å². The normalized spacial score (nSPS) is 13.1. The molecular weight excluding hydrogens is 501 g/mol. The summed E-state index contributed by atoms with van der Waals surface area (Å²) in [5.74, 6) is -4.03. The number of benzene rings is 3. The fourth-order valence-electron chi connectivity index (χ4n) is 3.85. The van der Waals surface area contributed by atoms with Crippen molar-refractivity contribution in [3.8, 4) is 0 Å². The smallest absolute Gasteiger partial charge is 0.478 e. The molecule has 0 saturated heterocycles. The molecule has 7 nitrogen and oxygen atoms in total. The third-order valence-electron chi connectivity index (χ3n) is 5.70. The first-order valence-electron chi connectivity index (χ1n) is 11.5. The summed E-state index contributed by atoms with van der Waals surface area (Å²) < 4.78 is 31.7. The lowest BCUT2D eigenvalue weighted by Crippen LogP contribution is -2.29. The molecule has 4 rings (SSSR count). The van der Waals surface area contributed by atoms with E-state index in [9.17, 15) is 27.9 Å². The number of carboxylic acids is 2. The van der Waals surface area contributed by atoms with Gasteiger partial charge in [0.05, 0.1) is 11.3 Å². The molecule has 0 aliphatic carbocycles. The molecule has 1 heterocycles. The third kappa shape index (κ3) is 7.45. The SMILES string of the molecule is Cc1cccc(C(=O)Nc2ccc(N3CC=C(c4ccccc4)CC3)c(C(=O)O)c2)c1.O=C(O)C(F)(F)F. The zero-order chi connectivity index (χ0) is 27.9. The number of aliphatic carboxylic acids is 1. The first-order chi connectivity index (χ1) is 18.0. The highest BCUT2D eigenvalue weighted by Crippen LogP contribution is 2.30. The van der Waals surface area contributed by atoms with E-state index in [4.69, 9.17) is 9.90 Å². The monoisotopic (exact) mass is 526 g/mol. The number of carbonyl (C=O) groups excluding carboxylic acids is 1. The molecule has 1 aliphatic heterocycles. The number of anilines is 2. The molecule has 0 spiro atoms. The van der Waals surface area contributed by atoms with Gasteiger partial charge in [0.25, 0.3) is 5.91 Å². The highest BCUT2D eigenvalue weighted by atomic mass is 19.4. The molecule has 0 unspecified atom stereocenters. The van der Waals surface area contributed by atoms with E-state index in [0.717, 1.165) is 18.5 Å². The number of carboxylic acid groups (broad SMARTS) is 2. The van der Waals surface area contributed by atoms with Crippen molar-refractivity contribution in [2.75, 3.05) is 23.3 Å². The highest BCUT2D eigenvalue weighted by molar-refractivity contribution is 6.05. The number of rotatable bonds is 5. The predicted molar refractivity (Wildman–Crippen MR) is 137 cm³/mol. The van der Waals surface area contributed by atoms with Gasteiger partial charge in [-0.1, -0.05) is 54.1 Å². The quantitative estimate of drug-likeness (QED) is 0.384. The van der Waals surface area contributed by atoms with Crippen molar-refractivity contribution in [3.63, 3.8) is 0 Å². The lowest BCUT2D eigenvalue weighted by Gasteiger charge is -2.30. The number of carbonyl (C=O) groups is 3. The molecule has 0 radical (unpaired) electrons. The van der Waals surface area contributed by atoms with E-state index in [1.807, 2.05) is 37.3 Å². The number of hydrogen-bond acceptors (Lipinski definition) is 4. The summed E-state index contributed by atoms with van der Waals surface area (Å²) in [6.07, 6.45) is -2.09. The second kappa shape index (κ2) is 12.1. The van der Waals surface area contributed by atoms with E-state index in [1.165, 1.54) is 17.2 Å². The van der Waals surface area contributed by atoms with Crippen molar-refractivity contribution in [2.24, 2.45) is 0 Å². The maximum Gasteiger partial charge on any atom is 0.490 e. The van der Waals surface area contributed by atoms with Crippen LogP contribution < -0.4 is 10.2 Å². The second-order valence-electron chi connectivity index (χ2n) is 8.45. The van der Waals surface area contributed by atoms with Gasteiger partial charge in [0.2, 0.25) is 0 Å². The Hall–Kier alpha value is -4.60. The van der Waals surface area contributed by atoms with E-state index < -0.39 is 18.1 Å². The molecule has 0 bridgehead atoms. The van der Waals surface area contributed by atoms with Gasteiger partial charge in [0.15, 0.2) is 0 Å². The number of nitrogens with zero attached hydrogens (tertiary/aromatic N) is 1. The first-order valence-corrected chi connectivity index (χ1v) is 11.5. The van der Waals surface area contributed by atoms with Gasteiger partial charge in [-0.3, -0.25) is 4.79 Å². The van der Waals surface area contributed by atoms with E-state index >= 15 is 0 Å². The van der Waals surface area contributed by atoms with Gasteiger partial charge in [-0.05, 0) is 54.8 Å². The van der Waals surface area contributed by atoms with Crippen molar-refractivity contribution in [3.05, 3.63) is 101 Å². The summed E-state index contributed by atoms with van der Waals surface area (Å²) >= 11 is 0. The summed E-state index contributed by atoms with van der Waals surface area (Å²) in [6, 6.07) is 22.6.